The van der Waals surface area contributed by atoms with Crippen molar-refractivity contribution in [3.8, 4) is 0 Å². The van der Waals surface area contributed by atoms with Crippen LogP contribution in [0.3, 0.4) is 0 Å². The van der Waals surface area contributed by atoms with Gasteiger partial charge in [-0.15, -0.1) is 0 Å². The molecule has 0 aliphatic carbocycles. The molecule has 166 valence electrons. The lowest BCUT2D eigenvalue weighted by atomic mass is 9.86. The van der Waals surface area contributed by atoms with Crippen molar-refractivity contribution >= 4 is 0 Å². The van der Waals surface area contributed by atoms with Gasteiger partial charge in [0.05, 0.1) is 25.9 Å². The van der Waals surface area contributed by atoms with Gasteiger partial charge >= 0.3 is 0 Å². The van der Waals surface area contributed by atoms with Crippen LogP contribution in [0.15, 0.2) is 91.0 Å². The van der Waals surface area contributed by atoms with Crippen molar-refractivity contribution in [2.75, 3.05) is 19.8 Å². The SMILES string of the molecule is OC(CN[C@@H]1CO[C@H]2[C@@H]1OC[C@H]2OCc1ccccc1)(c1ccccc1)c1ccccc1. The minimum Gasteiger partial charge on any atom is -0.379 e. The summed E-state index contributed by atoms with van der Waals surface area (Å²) >= 11 is 0. The molecule has 2 aliphatic heterocycles. The second kappa shape index (κ2) is 9.53. The normalized spacial score (nSPS) is 25.0. The molecule has 5 rings (SSSR count). The zero-order valence-electron chi connectivity index (χ0n) is 18.0. The van der Waals surface area contributed by atoms with Gasteiger partial charge in [-0.05, 0) is 16.7 Å². The fourth-order valence-electron chi connectivity index (χ4n) is 4.64. The molecule has 5 nitrogen and oxygen atoms in total. The zero-order valence-corrected chi connectivity index (χ0v) is 18.0. The topological polar surface area (TPSA) is 60.0 Å². The fourth-order valence-corrected chi connectivity index (χ4v) is 4.64. The monoisotopic (exact) mass is 431 g/mol. The van der Waals surface area contributed by atoms with Gasteiger partial charge < -0.3 is 24.6 Å². The highest BCUT2D eigenvalue weighted by Gasteiger charge is 2.48. The van der Waals surface area contributed by atoms with E-state index in [1.807, 2.05) is 78.9 Å². The highest BCUT2D eigenvalue weighted by atomic mass is 16.6. The van der Waals surface area contributed by atoms with Crippen LogP contribution in [0.2, 0.25) is 0 Å². The predicted octanol–water partition coefficient (Wildman–Crippen LogP) is 3.26. The molecule has 0 radical (unpaired) electrons. The van der Waals surface area contributed by atoms with E-state index in [-0.39, 0.29) is 24.4 Å². The Hall–Kier alpha value is -2.54. The second-order valence-electron chi connectivity index (χ2n) is 8.51. The van der Waals surface area contributed by atoms with Crippen molar-refractivity contribution in [2.24, 2.45) is 0 Å². The van der Waals surface area contributed by atoms with Crippen LogP contribution in [0.5, 0.6) is 0 Å². The molecule has 3 aromatic rings. The van der Waals surface area contributed by atoms with Crippen LogP contribution in [-0.2, 0) is 26.4 Å². The summed E-state index contributed by atoms with van der Waals surface area (Å²) in [6.07, 6.45) is -0.279. The third-order valence-electron chi connectivity index (χ3n) is 6.44. The molecule has 2 heterocycles. The van der Waals surface area contributed by atoms with Crippen molar-refractivity contribution in [3.63, 3.8) is 0 Å². The average molecular weight is 432 g/mol. The summed E-state index contributed by atoms with van der Waals surface area (Å²) in [7, 11) is 0. The Labute approximate surface area is 189 Å². The second-order valence-corrected chi connectivity index (χ2v) is 8.51. The number of hydrogen-bond acceptors (Lipinski definition) is 5. The summed E-state index contributed by atoms with van der Waals surface area (Å²) in [5.41, 5.74) is 1.69. The standard InChI is InChI=1S/C27H29NO4/c29-27(21-12-6-2-7-13-21,22-14-8-3-9-15-22)19-28-23-17-31-26-24(18-32-25(23)26)30-16-20-10-4-1-5-11-20/h1-15,23-26,28-29H,16-19H2/t23-,24-,25-,26-/m1/s1. The minimum atomic E-state index is -1.15. The zero-order chi connectivity index (χ0) is 21.8. The maximum atomic E-state index is 11.7. The molecule has 0 amide bonds. The van der Waals surface area contributed by atoms with Crippen LogP contribution in [-0.4, -0.2) is 49.2 Å². The Morgan fingerprint density at radius 2 is 1.34 bits per heavy atom. The van der Waals surface area contributed by atoms with Gasteiger partial charge in [-0.2, -0.15) is 0 Å². The van der Waals surface area contributed by atoms with Gasteiger partial charge in [0.1, 0.15) is 23.9 Å². The molecule has 0 unspecified atom stereocenters. The van der Waals surface area contributed by atoms with Gasteiger partial charge in [0.25, 0.3) is 0 Å². The molecule has 3 aromatic carbocycles. The summed E-state index contributed by atoms with van der Waals surface area (Å²) in [5, 5.41) is 15.3. The van der Waals surface area contributed by atoms with Gasteiger partial charge in [0.2, 0.25) is 0 Å². The van der Waals surface area contributed by atoms with E-state index in [1.54, 1.807) is 0 Å². The van der Waals surface area contributed by atoms with Crippen LogP contribution in [0.4, 0.5) is 0 Å². The molecular weight excluding hydrogens is 402 g/mol. The Balaban J connectivity index is 1.24. The molecular formula is C27H29NO4. The molecule has 0 bridgehead atoms. The average Bonchev–Trinajstić information content (AvgIpc) is 3.45. The molecule has 2 N–H and O–H groups in total. The minimum absolute atomic E-state index is 0.00993. The number of hydrogen-bond donors (Lipinski definition) is 2. The first-order valence-electron chi connectivity index (χ1n) is 11.2. The molecule has 4 atom stereocenters. The Morgan fingerprint density at radius 3 is 1.97 bits per heavy atom. The number of aliphatic hydroxyl groups is 1. The Bertz CT molecular complexity index is 943. The fraction of sp³-hybridized carbons (Fsp3) is 0.333. The molecule has 2 aliphatic rings. The van der Waals surface area contributed by atoms with Crippen molar-refractivity contribution in [2.45, 2.75) is 36.6 Å². The van der Waals surface area contributed by atoms with E-state index < -0.39 is 5.60 Å². The summed E-state index contributed by atoms with van der Waals surface area (Å²) in [6, 6.07) is 29.7. The van der Waals surface area contributed by atoms with Crippen LogP contribution in [0, 0.1) is 0 Å². The lowest BCUT2D eigenvalue weighted by Gasteiger charge is -2.31. The van der Waals surface area contributed by atoms with Gasteiger partial charge in [-0.25, -0.2) is 0 Å². The molecule has 0 aromatic heterocycles. The van der Waals surface area contributed by atoms with Crippen LogP contribution in [0.1, 0.15) is 16.7 Å². The molecule has 32 heavy (non-hydrogen) atoms. The first-order chi connectivity index (χ1) is 15.7. The van der Waals surface area contributed by atoms with Gasteiger partial charge in [0, 0.05) is 6.54 Å². The predicted molar refractivity (Wildman–Crippen MR) is 122 cm³/mol. The van der Waals surface area contributed by atoms with E-state index >= 15 is 0 Å². The highest BCUT2D eigenvalue weighted by Crippen LogP contribution is 2.32. The van der Waals surface area contributed by atoms with E-state index in [0.29, 0.717) is 26.4 Å². The lowest BCUT2D eigenvalue weighted by Crippen LogP contribution is -2.48. The molecule has 0 spiro atoms. The van der Waals surface area contributed by atoms with E-state index in [4.69, 9.17) is 14.2 Å². The smallest absolute Gasteiger partial charge is 0.127 e. The molecule has 5 heteroatoms. The van der Waals surface area contributed by atoms with Crippen molar-refractivity contribution in [1.82, 2.24) is 5.32 Å². The number of nitrogens with one attached hydrogen (secondary N) is 1. The lowest BCUT2D eigenvalue weighted by molar-refractivity contribution is -0.0395. The largest absolute Gasteiger partial charge is 0.379 e. The first kappa shape index (κ1) is 21.3. The van der Waals surface area contributed by atoms with E-state index in [9.17, 15) is 5.11 Å². The maximum absolute atomic E-state index is 11.7. The number of fused-ring (bicyclic) bond motifs is 1. The van der Waals surface area contributed by atoms with Gasteiger partial charge in [-0.1, -0.05) is 91.0 Å². The van der Waals surface area contributed by atoms with Crippen molar-refractivity contribution < 1.29 is 19.3 Å². The maximum Gasteiger partial charge on any atom is 0.127 e. The first-order valence-corrected chi connectivity index (χ1v) is 11.2. The molecule has 2 fully saturated rings. The van der Waals surface area contributed by atoms with Crippen molar-refractivity contribution in [1.29, 1.82) is 0 Å². The van der Waals surface area contributed by atoms with Crippen LogP contribution < -0.4 is 5.32 Å². The summed E-state index contributed by atoms with van der Waals surface area (Å²) in [6.45, 7) is 1.95. The highest BCUT2D eigenvalue weighted by molar-refractivity contribution is 5.36. The van der Waals surface area contributed by atoms with E-state index in [2.05, 4.69) is 17.4 Å². The van der Waals surface area contributed by atoms with Crippen molar-refractivity contribution in [3.05, 3.63) is 108 Å². The molecule has 0 saturated carbocycles. The van der Waals surface area contributed by atoms with E-state index in [0.717, 1.165) is 16.7 Å². The number of rotatable bonds is 8. The Morgan fingerprint density at radius 1 is 0.781 bits per heavy atom. The quantitative estimate of drug-likeness (QED) is 0.573. The van der Waals surface area contributed by atoms with Crippen LogP contribution >= 0.6 is 0 Å². The Kier molecular flexibility index (Phi) is 6.35. The number of ether oxygens (including phenoxy) is 3. The third kappa shape index (κ3) is 4.35. The van der Waals surface area contributed by atoms with Gasteiger partial charge in [0.15, 0.2) is 0 Å². The third-order valence-corrected chi connectivity index (χ3v) is 6.44. The summed E-state index contributed by atoms with van der Waals surface area (Å²) in [5.74, 6) is 0. The van der Waals surface area contributed by atoms with Gasteiger partial charge in [-0.3, -0.25) is 0 Å². The van der Waals surface area contributed by atoms with Crippen LogP contribution in [0.25, 0.3) is 0 Å². The number of benzene rings is 3. The summed E-state index contributed by atoms with van der Waals surface area (Å²) < 4.78 is 18.3. The summed E-state index contributed by atoms with van der Waals surface area (Å²) in [4.78, 5) is 0. The molecule has 2 saturated heterocycles. The van der Waals surface area contributed by atoms with E-state index in [1.165, 1.54) is 0 Å².